The Morgan fingerprint density at radius 3 is 2.33 bits per heavy atom. The average Bonchev–Trinajstić information content (AvgIpc) is 2.26. The van der Waals surface area contributed by atoms with Crippen molar-refractivity contribution in [1.82, 2.24) is 4.98 Å². The Kier molecular flexibility index (Phi) is 3.22. The summed E-state index contributed by atoms with van der Waals surface area (Å²) in [6, 6.07) is 0. The van der Waals surface area contributed by atoms with E-state index >= 15 is 0 Å². The third-order valence-electron chi connectivity index (χ3n) is 1.77. The highest BCUT2D eigenvalue weighted by Crippen LogP contribution is 2.17. The van der Waals surface area contributed by atoms with Gasteiger partial charge in [0.05, 0.1) is 31.7 Å². The quantitative estimate of drug-likeness (QED) is 0.703. The number of anilines is 1. The molecule has 2 N–H and O–H groups in total. The number of rotatable bonds is 2. The molecule has 80 valence electrons. The zero-order valence-corrected chi connectivity index (χ0v) is 8.31. The summed E-state index contributed by atoms with van der Waals surface area (Å²) in [7, 11) is 2.40. The first-order valence-electron chi connectivity index (χ1n) is 4.02. The number of hydrogen-bond donors (Lipinski definition) is 1. The number of esters is 2. The van der Waals surface area contributed by atoms with Crippen LogP contribution in [0, 0.1) is 0 Å². The van der Waals surface area contributed by atoms with Gasteiger partial charge in [-0.1, -0.05) is 0 Å². The van der Waals surface area contributed by atoms with E-state index in [9.17, 15) is 9.59 Å². The number of nitrogens with two attached hydrogens (primary N) is 1. The summed E-state index contributed by atoms with van der Waals surface area (Å²) < 4.78 is 8.98. The number of ether oxygens (including phenoxy) is 2. The predicted octanol–water partition coefficient (Wildman–Crippen LogP) is 0.237. The van der Waals surface area contributed by atoms with E-state index in [-0.39, 0.29) is 16.8 Å². The van der Waals surface area contributed by atoms with Gasteiger partial charge < -0.3 is 15.2 Å². The first kappa shape index (κ1) is 11.0. The molecule has 0 aliphatic rings. The number of carbonyl (C=O) groups is 2. The summed E-state index contributed by atoms with van der Waals surface area (Å²) in [5.74, 6) is -1.38. The van der Waals surface area contributed by atoms with Crippen LogP contribution in [0.3, 0.4) is 0 Å². The highest BCUT2D eigenvalue weighted by molar-refractivity contribution is 6.06. The second kappa shape index (κ2) is 4.41. The van der Waals surface area contributed by atoms with Crippen molar-refractivity contribution < 1.29 is 19.1 Å². The van der Waals surface area contributed by atoms with Crippen LogP contribution < -0.4 is 5.73 Å². The number of hydrogen-bond acceptors (Lipinski definition) is 6. The van der Waals surface area contributed by atoms with Gasteiger partial charge in [0.15, 0.2) is 0 Å². The summed E-state index contributed by atoms with van der Waals surface area (Å²) in [6.45, 7) is 0. The molecule has 0 aliphatic carbocycles. The lowest BCUT2D eigenvalue weighted by Gasteiger charge is -2.07. The first-order valence-corrected chi connectivity index (χ1v) is 4.02. The third kappa shape index (κ3) is 2.04. The fourth-order valence-corrected chi connectivity index (χ4v) is 1.07. The average molecular weight is 210 g/mol. The Morgan fingerprint density at radius 1 is 1.20 bits per heavy atom. The van der Waals surface area contributed by atoms with Crippen molar-refractivity contribution >= 4 is 17.6 Å². The summed E-state index contributed by atoms with van der Waals surface area (Å²) in [5, 5.41) is 0. The molecule has 0 saturated carbocycles. The van der Waals surface area contributed by atoms with Gasteiger partial charge in [0.2, 0.25) is 0 Å². The molecule has 0 spiro atoms. The molecule has 1 rings (SSSR count). The molecule has 6 heteroatoms. The van der Waals surface area contributed by atoms with Crippen molar-refractivity contribution in [3.8, 4) is 0 Å². The van der Waals surface area contributed by atoms with E-state index in [0.29, 0.717) is 0 Å². The Hall–Kier alpha value is -2.11. The molecule has 1 heterocycles. The van der Waals surface area contributed by atoms with Gasteiger partial charge in [-0.05, 0) is 0 Å². The molecule has 0 radical (unpaired) electrons. The van der Waals surface area contributed by atoms with Crippen LogP contribution in [-0.4, -0.2) is 31.1 Å². The third-order valence-corrected chi connectivity index (χ3v) is 1.77. The van der Waals surface area contributed by atoms with Gasteiger partial charge >= 0.3 is 11.9 Å². The number of methoxy groups -OCH3 is 2. The minimum atomic E-state index is -0.699. The molecule has 0 aliphatic heterocycles. The SMILES string of the molecule is COC(=O)c1cncc(N)c1C(=O)OC. The largest absolute Gasteiger partial charge is 0.465 e. The highest BCUT2D eigenvalue weighted by atomic mass is 16.5. The van der Waals surface area contributed by atoms with E-state index < -0.39 is 11.9 Å². The zero-order chi connectivity index (χ0) is 11.4. The highest BCUT2D eigenvalue weighted by Gasteiger charge is 2.21. The number of carbonyl (C=O) groups excluding carboxylic acids is 2. The zero-order valence-electron chi connectivity index (χ0n) is 8.31. The van der Waals surface area contributed by atoms with Crippen LogP contribution >= 0.6 is 0 Å². The van der Waals surface area contributed by atoms with E-state index in [1.54, 1.807) is 0 Å². The fraction of sp³-hybridized carbons (Fsp3) is 0.222. The predicted molar refractivity (Wildman–Crippen MR) is 51.3 cm³/mol. The molecule has 0 unspecified atom stereocenters. The van der Waals surface area contributed by atoms with Crippen LogP contribution in [0.5, 0.6) is 0 Å². The van der Waals surface area contributed by atoms with E-state index in [2.05, 4.69) is 14.5 Å². The molecule has 0 aromatic carbocycles. The molecule has 0 atom stereocenters. The van der Waals surface area contributed by atoms with Crippen molar-refractivity contribution in [2.24, 2.45) is 0 Å². The molecule has 0 fully saturated rings. The smallest absolute Gasteiger partial charge is 0.340 e. The molecule has 6 nitrogen and oxygen atoms in total. The van der Waals surface area contributed by atoms with Crippen molar-refractivity contribution in [1.29, 1.82) is 0 Å². The lowest BCUT2D eigenvalue weighted by atomic mass is 10.1. The number of aromatic nitrogens is 1. The molecule has 0 amide bonds. The maximum absolute atomic E-state index is 11.3. The monoisotopic (exact) mass is 210 g/mol. The lowest BCUT2D eigenvalue weighted by Crippen LogP contribution is -2.14. The van der Waals surface area contributed by atoms with Gasteiger partial charge in [-0.3, -0.25) is 4.98 Å². The van der Waals surface area contributed by atoms with Crippen molar-refractivity contribution in [2.75, 3.05) is 20.0 Å². The Labute approximate surface area is 86.0 Å². The maximum atomic E-state index is 11.3. The van der Waals surface area contributed by atoms with Gasteiger partial charge in [-0.15, -0.1) is 0 Å². The number of nitrogen functional groups attached to an aromatic ring is 1. The number of pyridine rings is 1. The Morgan fingerprint density at radius 2 is 1.80 bits per heavy atom. The molecule has 0 saturated heterocycles. The topological polar surface area (TPSA) is 91.5 Å². The van der Waals surface area contributed by atoms with Crippen molar-refractivity contribution in [3.05, 3.63) is 23.5 Å². The van der Waals surface area contributed by atoms with Crippen LogP contribution in [0.4, 0.5) is 5.69 Å². The second-order valence-corrected chi connectivity index (χ2v) is 2.63. The van der Waals surface area contributed by atoms with Gasteiger partial charge in [0, 0.05) is 6.20 Å². The molecule has 0 bridgehead atoms. The van der Waals surface area contributed by atoms with Crippen LogP contribution in [0.15, 0.2) is 12.4 Å². The summed E-state index contributed by atoms with van der Waals surface area (Å²) in [6.07, 6.45) is 2.47. The second-order valence-electron chi connectivity index (χ2n) is 2.63. The van der Waals surface area contributed by atoms with Gasteiger partial charge in [-0.25, -0.2) is 9.59 Å². The van der Waals surface area contributed by atoms with E-state index in [4.69, 9.17) is 5.73 Å². The van der Waals surface area contributed by atoms with Crippen LogP contribution in [0.2, 0.25) is 0 Å². The molecular weight excluding hydrogens is 200 g/mol. The molecule has 1 aromatic heterocycles. The van der Waals surface area contributed by atoms with Gasteiger partial charge in [0.25, 0.3) is 0 Å². The summed E-state index contributed by atoms with van der Waals surface area (Å²) in [4.78, 5) is 26.3. The molecular formula is C9H10N2O4. The minimum absolute atomic E-state index is 0.00986. The van der Waals surface area contributed by atoms with Crippen LogP contribution in [0.25, 0.3) is 0 Å². The van der Waals surface area contributed by atoms with E-state index in [1.807, 2.05) is 0 Å². The fourth-order valence-electron chi connectivity index (χ4n) is 1.07. The lowest BCUT2D eigenvalue weighted by molar-refractivity contribution is 0.0555. The summed E-state index contributed by atoms with van der Waals surface area (Å²) >= 11 is 0. The molecule has 15 heavy (non-hydrogen) atoms. The number of nitrogens with zero attached hydrogens (tertiary/aromatic N) is 1. The van der Waals surface area contributed by atoms with Gasteiger partial charge in [-0.2, -0.15) is 0 Å². The Balaban J connectivity index is 3.32. The van der Waals surface area contributed by atoms with Crippen molar-refractivity contribution in [2.45, 2.75) is 0 Å². The Bertz CT molecular complexity index is 403. The molecule has 1 aromatic rings. The van der Waals surface area contributed by atoms with E-state index in [1.165, 1.54) is 26.6 Å². The normalized spacial score (nSPS) is 9.47. The van der Waals surface area contributed by atoms with Gasteiger partial charge in [0.1, 0.15) is 5.56 Å². The maximum Gasteiger partial charge on any atom is 0.340 e. The van der Waals surface area contributed by atoms with Crippen LogP contribution in [-0.2, 0) is 9.47 Å². The van der Waals surface area contributed by atoms with E-state index in [0.717, 1.165) is 0 Å². The summed E-state index contributed by atoms with van der Waals surface area (Å²) in [5.41, 5.74) is 5.55. The minimum Gasteiger partial charge on any atom is -0.465 e. The van der Waals surface area contributed by atoms with Crippen molar-refractivity contribution in [3.63, 3.8) is 0 Å². The van der Waals surface area contributed by atoms with Crippen LogP contribution in [0.1, 0.15) is 20.7 Å². The first-order chi connectivity index (χ1) is 7.11. The standard InChI is InChI=1S/C9H10N2O4/c1-14-8(12)5-3-11-4-6(10)7(5)9(13)15-2/h3-4H,10H2,1-2H3.